The normalized spacial score (nSPS) is 12.5. The number of hydrogen-bond acceptors (Lipinski definition) is 1. The van der Waals surface area contributed by atoms with Gasteiger partial charge in [-0.3, -0.25) is 0 Å². The Morgan fingerprint density at radius 3 is 2.21 bits per heavy atom. The fraction of sp³-hybridized carbons (Fsp3) is 0.333. The topological polar surface area (TPSA) is 14.2 Å². The minimum Gasteiger partial charge on any atom is -0.542 e. The average molecular weight is 338 g/mol. The van der Waals surface area contributed by atoms with Crippen molar-refractivity contribution in [2.24, 2.45) is 0 Å². The highest BCUT2D eigenvalue weighted by Gasteiger charge is 2.39. The van der Waals surface area contributed by atoms with Gasteiger partial charge in [-0.05, 0) is 35.8 Å². The molecular formula is C21H27NOSi. The number of nitrogens with zero attached hydrogens (tertiary/aromatic N) is 1. The van der Waals surface area contributed by atoms with E-state index in [2.05, 4.69) is 99.2 Å². The van der Waals surface area contributed by atoms with Crippen molar-refractivity contribution in [3.63, 3.8) is 0 Å². The Morgan fingerprint density at radius 2 is 1.54 bits per heavy atom. The Bertz CT molecular complexity index is 828. The molecule has 24 heavy (non-hydrogen) atoms. The van der Waals surface area contributed by atoms with Crippen molar-refractivity contribution >= 4 is 19.2 Å². The Balaban J connectivity index is 2.01. The molecule has 0 amide bonds. The highest BCUT2D eigenvalue weighted by molar-refractivity contribution is 6.74. The van der Waals surface area contributed by atoms with Crippen molar-refractivity contribution in [1.29, 1.82) is 0 Å². The number of fused-ring (bicyclic) bond motifs is 1. The van der Waals surface area contributed by atoms with Gasteiger partial charge in [0.15, 0.2) is 0 Å². The first-order valence-corrected chi connectivity index (χ1v) is 11.5. The first-order valence-electron chi connectivity index (χ1n) is 8.59. The summed E-state index contributed by atoms with van der Waals surface area (Å²) in [6.45, 7) is 12.3. The standard InChI is InChI=1S/C21H27NOSi/c1-21(2,3)24(4,5)23-20-16-22(15-17-11-7-6-8-12-17)19-14-10-9-13-18(19)20/h6-14,16H,15H2,1-5H3. The van der Waals surface area contributed by atoms with Crippen LogP contribution >= 0.6 is 0 Å². The van der Waals surface area contributed by atoms with Gasteiger partial charge < -0.3 is 8.99 Å². The van der Waals surface area contributed by atoms with Gasteiger partial charge in [0.2, 0.25) is 0 Å². The Kier molecular flexibility index (Phi) is 4.30. The minimum absolute atomic E-state index is 0.190. The molecule has 0 atom stereocenters. The molecule has 0 spiro atoms. The van der Waals surface area contributed by atoms with Crippen LogP contribution in [0.15, 0.2) is 60.8 Å². The third kappa shape index (κ3) is 3.27. The zero-order valence-corrected chi connectivity index (χ0v) is 16.3. The van der Waals surface area contributed by atoms with Gasteiger partial charge in [0.25, 0.3) is 8.32 Å². The highest BCUT2D eigenvalue weighted by atomic mass is 28.4. The fourth-order valence-electron chi connectivity index (χ4n) is 2.63. The molecule has 0 saturated heterocycles. The summed E-state index contributed by atoms with van der Waals surface area (Å²) >= 11 is 0. The van der Waals surface area contributed by atoms with E-state index in [1.807, 2.05) is 0 Å². The third-order valence-electron chi connectivity index (χ3n) is 5.12. The molecule has 0 N–H and O–H groups in total. The summed E-state index contributed by atoms with van der Waals surface area (Å²) in [6, 6.07) is 19.1. The molecule has 0 saturated carbocycles. The Morgan fingerprint density at radius 1 is 0.917 bits per heavy atom. The summed E-state index contributed by atoms with van der Waals surface area (Å²) < 4.78 is 8.91. The lowest BCUT2D eigenvalue weighted by Gasteiger charge is -2.36. The van der Waals surface area contributed by atoms with Crippen LogP contribution in [0, 0.1) is 0 Å². The van der Waals surface area contributed by atoms with Crippen LogP contribution < -0.4 is 4.43 Å². The number of aromatic nitrogens is 1. The van der Waals surface area contributed by atoms with Gasteiger partial charge in [-0.1, -0.05) is 63.2 Å². The second kappa shape index (κ2) is 6.13. The van der Waals surface area contributed by atoms with Crippen LogP contribution in [0.5, 0.6) is 5.75 Å². The molecule has 0 bridgehead atoms. The van der Waals surface area contributed by atoms with Gasteiger partial charge in [0.05, 0.1) is 5.52 Å². The zero-order chi connectivity index (χ0) is 17.4. The maximum absolute atomic E-state index is 6.62. The van der Waals surface area contributed by atoms with Gasteiger partial charge in [0, 0.05) is 18.1 Å². The molecule has 2 aromatic carbocycles. The lowest BCUT2D eigenvalue weighted by atomic mass is 10.2. The van der Waals surface area contributed by atoms with E-state index in [0.717, 1.165) is 12.3 Å². The average Bonchev–Trinajstić information content (AvgIpc) is 2.85. The van der Waals surface area contributed by atoms with Crippen LogP contribution in [-0.4, -0.2) is 12.9 Å². The van der Waals surface area contributed by atoms with Gasteiger partial charge in [-0.2, -0.15) is 0 Å². The van der Waals surface area contributed by atoms with Crippen molar-refractivity contribution in [3.05, 3.63) is 66.4 Å². The molecule has 1 aromatic heterocycles. The summed E-state index contributed by atoms with van der Waals surface area (Å²) in [7, 11) is -1.85. The first-order chi connectivity index (χ1) is 11.3. The maximum atomic E-state index is 6.62. The summed E-state index contributed by atoms with van der Waals surface area (Å²) in [6.07, 6.45) is 2.18. The second-order valence-electron chi connectivity index (χ2n) is 7.99. The molecule has 1 heterocycles. The molecule has 0 aliphatic carbocycles. The molecule has 0 aliphatic heterocycles. The van der Waals surface area contributed by atoms with Crippen LogP contribution in [0.2, 0.25) is 18.1 Å². The molecule has 0 fully saturated rings. The van der Waals surface area contributed by atoms with E-state index >= 15 is 0 Å². The van der Waals surface area contributed by atoms with Crippen molar-refractivity contribution in [2.75, 3.05) is 0 Å². The largest absolute Gasteiger partial charge is 0.542 e. The smallest absolute Gasteiger partial charge is 0.250 e. The minimum atomic E-state index is -1.85. The number of rotatable bonds is 4. The van der Waals surface area contributed by atoms with Crippen LogP contribution in [0.1, 0.15) is 26.3 Å². The predicted molar refractivity (Wildman–Crippen MR) is 105 cm³/mol. The zero-order valence-electron chi connectivity index (χ0n) is 15.3. The van der Waals surface area contributed by atoms with Gasteiger partial charge >= 0.3 is 0 Å². The van der Waals surface area contributed by atoms with E-state index in [9.17, 15) is 0 Å². The number of para-hydroxylation sites is 1. The number of benzene rings is 2. The van der Waals surface area contributed by atoms with E-state index < -0.39 is 8.32 Å². The van der Waals surface area contributed by atoms with Crippen molar-refractivity contribution < 1.29 is 4.43 Å². The molecule has 2 nitrogen and oxygen atoms in total. The Hall–Kier alpha value is -2.00. The molecule has 3 aromatic rings. The highest BCUT2D eigenvalue weighted by Crippen LogP contribution is 2.39. The van der Waals surface area contributed by atoms with E-state index in [1.165, 1.54) is 16.5 Å². The monoisotopic (exact) mass is 337 g/mol. The number of hydrogen-bond donors (Lipinski definition) is 0. The lowest BCUT2D eigenvalue weighted by Crippen LogP contribution is -2.43. The van der Waals surface area contributed by atoms with Crippen LogP contribution in [0.25, 0.3) is 10.9 Å². The van der Waals surface area contributed by atoms with Gasteiger partial charge in [0.1, 0.15) is 5.75 Å². The molecular weight excluding hydrogens is 310 g/mol. The summed E-state index contributed by atoms with van der Waals surface area (Å²) in [5.41, 5.74) is 2.53. The van der Waals surface area contributed by atoms with Crippen LogP contribution in [0.3, 0.4) is 0 Å². The van der Waals surface area contributed by atoms with E-state index in [1.54, 1.807) is 0 Å². The molecule has 3 heteroatoms. The lowest BCUT2D eigenvalue weighted by molar-refractivity contribution is 0.494. The fourth-order valence-corrected chi connectivity index (χ4v) is 3.65. The SMILES string of the molecule is CC(C)(C)[Si](C)(C)Oc1cn(Cc2ccccc2)c2ccccc12. The van der Waals surface area contributed by atoms with E-state index in [-0.39, 0.29) is 5.04 Å². The second-order valence-corrected chi connectivity index (χ2v) is 12.7. The quantitative estimate of drug-likeness (QED) is 0.527. The Labute approximate surface area is 146 Å². The predicted octanol–water partition coefficient (Wildman–Crippen LogP) is 6.07. The first kappa shape index (κ1) is 16.8. The van der Waals surface area contributed by atoms with E-state index in [4.69, 9.17) is 4.43 Å². The maximum Gasteiger partial charge on any atom is 0.250 e. The van der Waals surface area contributed by atoms with Gasteiger partial charge in [-0.25, -0.2) is 0 Å². The molecule has 126 valence electrons. The molecule has 0 unspecified atom stereocenters. The molecule has 0 aliphatic rings. The summed E-state index contributed by atoms with van der Waals surface area (Å²) in [5.74, 6) is 1.02. The van der Waals surface area contributed by atoms with Crippen LogP contribution in [0.4, 0.5) is 0 Å². The third-order valence-corrected chi connectivity index (χ3v) is 9.46. The molecule has 3 rings (SSSR count). The van der Waals surface area contributed by atoms with Crippen molar-refractivity contribution in [2.45, 2.75) is 45.4 Å². The van der Waals surface area contributed by atoms with Gasteiger partial charge in [-0.15, -0.1) is 0 Å². The molecule has 0 radical (unpaired) electrons. The van der Waals surface area contributed by atoms with E-state index in [0.29, 0.717) is 0 Å². The summed E-state index contributed by atoms with van der Waals surface area (Å²) in [4.78, 5) is 0. The summed E-state index contributed by atoms with van der Waals surface area (Å²) in [5, 5.41) is 1.40. The van der Waals surface area contributed by atoms with Crippen molar-refractivity contribution in [1.82, 2.24) is 4.57 Å². The van der Waals surface area contributed by atoms with Crippen LogP contribution in [-0.2, 0) is 6.54 Å². The van der Waals surface area contributed by atoms with Crippen molar-refractivity contribution in [3.8, 4) is 5.75 Å².